The van der Waals surface area contributed by atoms with Crippen molar-refractivity contribution >= 4 is 11.4 Å². The van der Waals surface area contributed by atoms with Gasteiger partial charge in [-0.1, -0.05) is 12.1 Å². The van der Waals surface area contributed by atoms with E-state index in [2.05, 4.69) is 5.32 Å². The van der Waals surface area contributed by atoms with Gasteiger partial charge in [-0.3, -0.25) is 10.1 Å². The molecular formula is C10H12N3O2. The van der Waals surface area contributed by atoms with Gasteiger partial charge < -0.3 is 4.90 Å². The van der Waals surface area contributed by atoms with Crippen molar-refractivity contribution < 1.29 is 4.92 Å². The first-order chi connectivity index (χ1) is 7.29. The van der Waals surface area contributed by atoms with Crippen LogP contribution in [0.15, 0.2) is 24.3 Å². The third kappa shape index (κ3) is 2.07. The van der Waals surface area contributed by atoms with Gasteiger partial charge >= 0.3 is 0 Å². The van der Waals surface area contributed by atoms with Gasteiger partial charge in [-0.25, -0.2) is 5.32 Å². The smallest absolute Gasteiger partial charge is 0.292 e. The minimum atomic E-state index is -0.332. The summed E-state index contributed by atoms with van der Waals surface area (Å²) >= 11 is 0. The van der Waals surface area contributed by atoms with Crippen molar-refractivity contribution in [2.75, 3.05) is 31.1 Å². The zero-order valence-electron chi connectivity index (χ0n) is 8.30. The summed E-state index contributed by atoms with van der Waals surface area (Å²) < 4.78 is 0. The Morgan fingerprint density at radius 2 is 1.93 bits per heavy atom. The highest BCUT2D eigenvalue weighted by molar-refractivity contribution is 5.63. The summed E-state index contributed by atoms with van der Waals surface area (Å²) in [7, 11) is 0. The first-order valence-electron chi connectivity index (χ1n) is 4.90. The van der Waals surface area contributed by atoms with Gasteiger partial charge in [0.1, 0.15) is 5.69 Å². The van der Waals surface area contributed by atoms with Crippen LogP contribution in [0, 0.1) is 10.1 Å². The second-order valence-corrected chi connectivity index (χ2v) is 3.40. The summed E-state index contributed by atoms with van der Waals surface area (Å²) in [6.45, 7) is 3.05. The number of benzene rings is 1. The molecule has 15 heavy (non-hydrogen) atoms. The average Bonchev–Trinajstić information content (AvgIpc) is 2.30. The molecule has 0 N–H and O–H groups in total. The fourth-order valence-electron chi connectivity index (χ4n) is 1.73. The van der Waals surface area contributed by atoms with E-state index in [0.717, 1.165) is 26.2 Å². The number of para-hydroxylation sites is 2. The van der Waals surface area contributed by atoms with Gasteiger partial charge in [-0.05, 0) is 6.07 Å². The minimum Gasteiger partial charge on any atom is -0.363 e. The molecule has 5 nitrogen and oxygen atoms in total. The highest BCUT2D eigenvalue weighted by Gasteiger charge is 2.19. The van der Waals surface area contributed by atoms with Gasteiger partial charge in [0.25, 0.3) is 5.69 Å². The van der Waals surface area contributed by atoms with Crippen LogP contribution in [0.3, 0.4) is 0 Å². The Bertz CT molecular complexity index is 361. The lowest BCUT2D eigenvalue weighted by molar-refractivity contribution is -0.384. The molecule has 0 atom stereocenters. The maximum absolute atomic E-state index is 10.8. The summed E-state index contributed by atoms with van der Waals surface area (Å²) in [5, 5.41) is 15.0. The second kappa shape index (κ2) is 4.27. The molecule has 0 spiro atoms. The summed E-state index contributed by atoms with van der Waals surface area (Å²) in [6, 6.07) is 6.86. The Morgan fingerprint density at radius 3 is 2.60 bits per heavy atom. The lowest BCUT2D eigenvalue weighted by Crippen LogP contribution is -2.40. The highest BCUT2D eigenvalue weighted by atomic mass is 16.6. The van der Waals surface area contributed by atoms with E-state index in [1.54, 1.807) is 18.2 Å². The molecule has 1 aliphatic heterocycles. The molecule has 0 bridgehead atoms. The van der Waals surface area contributed by atoms with Crippen LogP contribution >= 0.6 is 0 Å². The van der Waals surface area contributed by atoms with Crippen LogP contribution < -0.4 is 10.2 Å². The molecular weight excluding hydrogens is 194 g/mol. The predicted octanol–water partition coefficient (Wildman–Crippen LogP) is 1.02. The van der Waals surface area contributed by atoms with Crippen molar-refractivity contribution in [3.63, 3.8) is 0 Å². The van der Waals surface area contributed by atoms with E-state index in [9.17, 15) is 10.1 Å². The van der Waals surface area contributed by atoms with Crippen molar-refractivity contribution in [3.05, 3.63) is 34.4 Å². The molecule has 1 radical (unpaired) electrons. The molecule has 1 fully saturated rings. The molecule has 1 heterocycles. The average molecular weight is 206 g/mol. The number of anilines is 1. The Labute approximate surface area is 87.8 Å². The van der Waals surface area contributed by atoms with Gasteiger partial charge in [0.2, 0.25) is 0 Å². The zero-order valence-corrected chi connectivity index (χ0v) is 8.30. The van der Waals surface area contributed by atoms with E-state index in [-0.39, 0.29) is 10.6 Å². The van der Waals surface area contributed by atoms with Gasteiger partial charge in [-0.2, -0.15) is 0 Å². The molecule has 0 saturated carbocycles. The Balaban J connectivity index is 2.29. The van der Waals surface area contributed by atoms with Crippen molar-refractivity contribution in [1.29, 1.82) is 0 Å². The van der Waals surface area contributed by atoms with E-state index in [4.69, 9.17) is 0 Å². The van der Waals surface area contributed by atoms with Crippen molar-refractivity contribution in [1.82, 2.24) is 5.32 Å². The molecule has 1 aromatic rings. The largest absolute Gasteiger partial charge is 0.363 e. The molecule has 5 heteroatoms. The van der Waals surface area contributed by atoms with Gasteiger partial charge in [0.15, 0.2) is 0 Å². The fraction of sp³-hybridized carbons (Fsp3) is 0.400. The third-order valence-corrected chi connectivity index (χ3v) is 2.48. The van der Waals surface area contributed by atoms with Crippen LogP contribution in [0.5, 0.6) is 0 Å². The zero-order chi connectivity index (χ0) is 10.7. The lowest BCUT2D eigenvalue weighted by Gasteiger charge is -2.27. The highest BCUT2D eigenvalue weighted by Crippen LogP contribution is 2.27. The molecule has 0 aliphatic carbocycles. The van der Waals surface area contributed by atoms with E-state index < -0.39 is 0 Å². The van der Waals surface area contributed by atoms with Crippen LogP contribution in [-0.2, 0) is 0 Å². The van der Waals surface area contributed by atoms with E-state index in [1.165, 1.54) is 0 Å². The van der Waals surface area contributed by atoms with Crippen LogP contribution in [0.2, 0.25) is 0 Å². The van der Waals surface area contributed by atoms with Crippen LogP contribution in [0.4, 0.5) is 11.4 Å². The molecule has 0 unspecified atom stereocenters. The number of piperazine rings is 1. The number of nitro benzene ring substituents is 1. The molecule has 0 amide bonds. The van der Waals surface area contributed by atoms with Crippen LogP contribution in [0.1, 0.15) is 0 Å². The number of rotatable bonds is 2. The molecule has 0 aromatic heterocycles. The topological polar surface area (TPSA) is 60.5 Å². The summed E-state index contributed by atoms with van der Waals surface area (Å²) in [5.41, 5.74) is 0.886. The van der Waals surface area contributed by atoms with E-state index in [1.807, 2.05) is 11.0 Å². The van der Waals surface area contributed by atoms with Crippen LogP contribution in [0.25, 0.3) is 0 Å². The Kier molecular flexibility index (Phi) is 2.82. The molecule has 1 saturated heterocycles. The number of nitrogens with zero attached hydrogens (tertiary/aromatic N) is 3. The predicted molar refractivity (Wildman–Crippen MR) is 57.2 cm³/mol. The summed E-state index contributed by atoms with van der Waals surface area (Å²) in [6.07, 6.45) is 0. The van der Waals surface area contributed by atoms with Crippen molar-refractivity contribution in [3.8, 4) is 0 Å². The number of hydrogen-bond acceptors (Lipinski definition) is 3. The van der Waals surface area contributed by atoms with Crippen LogP contribution in [-0.4, -0.2) is 31.1 Å². The normalized spacial score (nSPS) is 16.4. The SMILES string of the molecule is O=[N+]([O-])c1ccccc1N1CC[N]CC1. The second-order valence-electron chi connectivity index (χ2n) is 3.40. The van der Waals surface area contributed by atoms with E-state index >= 15 is 0 Å². The van der Waals surface area contributed by atoms with Gasteiger partial charge in [-0.15, -0.1) is 0 Å². The molecule has 79 valence electrons. The molecule has 2 rings (SSSR count). The summed E-state index contributed by atoms with van der Waals surface area (Å²) in [5.74, 6) is 0. The quantitative estimate of drug-likeness (QED) is 0.536. The molecule has 1 aliphatic rings. The molecule has 1 aromatic carbocycles. The Morgan fingerprint density at radius 1 is 1.27 bits per heavy atom. The first-order valence-corrected chi connectivity index (χ1v) is 4.90. The maximum Gasteiger partial charge on any atom is 0.292 e. The first kappa shape index (κ1) is 9.92. The Hall–Kier alpha value is -1.62. The van der Waals surface area contributed by atoms with Crippen molar-refractivity contribution in [2.45, 2.75) is 0 Å². The fourth-order valence-corrected chi connectivity index (χ4v) is 1.73. The van der Waals surface area contributed by atoms with Gasteiger partial charge in [0, 0.05) is 32.2 Å². The van der Waals surface area contributed by atoms with Crippen molar-refractivity contribution in [2.24, 2.45) is 0 Å². The van der Waals surface area contributed by atoms with Gasteiger partial charge in [0.05, 0.1) is 4.92 Å². The number of nitro groups is 1. The van der Waals surface area contributed by atoms with E-state index in [0.29, 0.717) is 5.69 Å². The summed E-state index contributed by atoms with van der Waals surface area (Å²) in [4.78, 5) is 12.5. The standard InChI is InChI=1S/C10H12N3O2/c14-13(15)10-4-2-1-3-9(10)12-7-5-11-6-8-12/h1-4H,5-8H2. The minimum absolute atomic E-state index is 0.180. The lowest BCUT2D eigenvalue weighted by atomic mass is 10.2. The monoisotopic (exact) mass is 206 g/mol. The maximum atomic E-state index is 10.8. The third-order valence-electron chi connectivity index (χ3n) is 2.48. The number of hydrogen-bond donors (Lipinski definition) is 0.